The highest BCUT2D eigenvalue weighted by Crippen LogP contribution is 2.32. The quantitative estimate of drug-likeness (QED) is 0.536. The van der Waals surface area contributed by atoms with Gasteiger partial charge < -0.3 is 20.5 Å². The van der Waals surface area contributed by atoms with Crippen LogP contribution in [0.1, 0.15) is 41.0 Å². The summed E-state index contributed by atoms with van der Waals surface area (Å²) in [6, 6.07) is 7.08. The number of nitrogens with one attached hydrogen (secondary N) is 2. The summed E-state index contributed by atoms with van der Waals surface area (Å²) < 4.78 is 21.4. The zero-order valence-electron chi connectivity index (χ0n) is 16.2. The lowest BCUT2D eigenvalue weighted by atomic mass is 10.0. The standard InChI is InChI=1S/C21H23FN4O3/c1-23-13-24-20(27)16-12-15-7-10-29-18-5-4-14(11-17(18)26(15)25-16)6-9-21(28)8-2-3-19(21)22/h4-5,11-12,19,23,28H,2-3,7-8,10,13H2,1H3,(H,24,27). The first-order valence-electron chi connectivity index (χ1n) is 9.69. The van der Waals surface area contributed by atoms with Gasteiger partial charge in [-0.1, -0.05) is 11.8 Å². The number of fused-ring (bicyclic) bond motifs is 3. The summed E-state index contributed by atoms with van der Waals surface area (Å²) in [5, 5.41) is 20.4. The van der Waals surface area contributed by atoms with Crippen LogP contribution in [0.3, 0.4) is 0 Å². The van der Waals surface area contributed by atoms with E-state index < -0.39 is 11.8 Å². The van der Waals surface area contributed by atoms with E-state index in [1.165, 1.54) is 0 Å². The van der Waals surface area contributed by atoms with Gasteiger partial charge >= 0.3 is 0 Å². The van der Waals surface area contributed by atoms with Crippen LogP contribution in [0.25, 0.3) is 5.69 Å². The van der Waals surface area contributed by atoms with Crippen LogP contribution in [-0.4, -0.2) is 52.9 Å². The Hall–Kier alpha value is -2.89. The van der Waals surface area contributed by atoms with Crippen molar-refractivity contribution in [2.24, 2.45) is 0 Å². The molecule has 1 aromatic heterocycles. The molecule has 1 saturated carbocycles. The van der Waals surface area contributed by atoms with Crippen molar-refractivity contribution in [3.63, 3.8) is 0 Å². The van der Waals surface area contributed by atoms with Crippen molar-refractivity contribution >= 4 is 5.91 Å². The molecule has 152 valence electrons. The lowest BCUT2D eigenvalue weighted by Crippen LogP contribution is -2.32. The first kappa shape index (κ1) is 19.4. The fraction of sp³-hybridized carbons (Fsp3) is 0.429. The minimum Gasteiger partial charge on any atom is -0.491 e. The van der Waals surface area contributed by atoms with Gasteiger partial charge in [0.2, 0.25) is 0 Å². The summed E-state index contributed by atoms with van der Waals surface area (Å²) in [6.07, 6.45) is 0.572. The Kier molecular flexibility index (Phi) is 5.26. The largest absolute Gasteiger partial charge is 0.491 e. The summed E-state index contributed by atoms with van der Waals surface area (Å²) >= 11 is 0. The molecule has 1 aliphatic carbocycles. The third-order valence-corrected chi connectivity index (χ3v) is 5.20. The van der Waals surface area contributed by atoms with Crippen LogP contribution in [-0.2, 0) is 6.42 Å². The number of carbonyl (C=O) groups excluding carboxylic acids is 1. The molecule has 0 saturated heterocycles. The zero-order valence-corrected chi connectivity index (χ0v) is 16.2. The van der Waals surface area contributed by atoms with Crippen molar-refractivity contribution in [2.75, 3.05) is 20.3 Å². The van der Waals surface area contributed by atoms with Crippen molar-refractivity contribution in [3.05, 3.63) is 41.2 Å². The van der Waals surface area contributed by atoms with E-state index in [-0.39, 0.29) is 5.91 Å². The number of benzene rings is 1. The van der Waals surface area contributed by atoms with Crippen molar-refractivity contribution in [2.45, 2.75) is 37.5 Å². The van der Waals surface area contributed by atoms with Crippen LogP contribution in [0.2, 0.25) is 0 Å². The SMILES string of the molecule is CNCNC(=O)c1cc2n(n1)-c1cc(C#CC3(O)CCCC3F)ccc1OCC2. The minimum atomic E-state index is -1.58. The number of aliphatic hydroxyl groups is 1. The van der Waals surface area contributed by atoms with Crippen molar-refractivity contribution in [3.8, 4) is 23.3 Å². The molecule has 0 bridgehead atoms. The van der Waals surface area contributed by atoms with Gasteiger partial charge in [-0.2, -0.15) is 5.10 Å². The van der Waals surface area contributed by atoms with Gasteiger partial charge in [0.25, 0.3) is 5.91 Å². The molecule has 29 heavy (non-hydrogen) atoms. The molecule has 1 aromatic carbocycles. The lowest BCUT2D eigenvalue weighted by Gasteiger charge is -2.17. The van der Waals surface area contributed by atoms with Crippen molar-refractivity contribution in [1.29, 1.82) is 0 Å². The van der Waals surface area contributed by atoms with E-state index in [1.807, 2.05) is 0 Å². The second-order valence-electron chi connectivity index (χ2n) is 7.28. The molecule has 7 nitrogen and oxygen atoms in total. The zero-order chi connectivity index (χ0) is 20.4. The molecule has 0 radical (unpaired) electrons. The van der Waals surface area contributed by atoms with Crippen molar-refractivity contribution < 1.29 is 19.0 Å². The van der Waals surface area contributed by atoms with E-state index in [9.17, 15) is 14.3 Å². The Balaban J connectivity index is 1.67. The van der Waals surface area contributed by atoms with Crippen molar-refractivity contribution in [1.82, 2.24) is 20.4 Å². The molecule has 2 unspecified atom stereocenters. The van der Waals surface area contributed by atoms with E-state index in [0.29, 0.717) is 61.7 Å². The Morgan fingerprint density at radius 1 is 1.48 bits per heavy atom. The minimum absolute atomic E-state index is 0.268. The Bertz CT molecular complexity index is 994. The first-order chi connectivity index (χ1) is 14.0. The number of amides is 1. The van der Waals surface area contributed by atoms with Crippen LogP contribution in [0, 0.1) is 11.8 Å². The number of rotatable bonds is 3. The van der Waals surface area contributed by atoms with Gasteiger partial charge in [-0.15, -0.1) is 0 Å². The molecule has 1 amide bonds. The monoisotopic (exact) mass is 398 g/mol. The third-order valence-electron chi connectivity index (χ3n) is 5.20. The number of hydrogen-bond donors (Lipinski definition) is 3. The summed E-state index contributed by atoms with van der Waals surface area (Å²) in [6.45, 7) is 0.809. The Morgan fingerprint density at radius 3 is 3.10 bits per heavy atom. The average Bonchev–Trinajstić information content (AvgIpc) is 3.24. The molecule has 1 fully saturated rings. The number of aromatic nitrogens is 2. The normalized spacial score (nSPS) is 22.5. The molecule has 4 rings (SSSR count). The smallest absolute Gasteiger partial charge is 0.272 e. The number of halogens is 1. The van der Waals surface area contributed by atoms with Crippen LogP contribution >= 0.6 is 0 Å². The van der Waals surface area contributed by atoms with E-state index in [2.05, 4.69) is 27.6 Å². The fourth-order valence-electron chi connectivity index (χ4n) is 3.59. The number of carbonyl (C=O) groups is 1. The molecule has 8 heteroatoms. The molecule has 1 aliphatic heterocycles. The van der Waals surface area contributed by atoms with E-state index in [4.69, 9.17) is 4.74 Å². The predicted octanol–water partition coefficient (Wildman–Crippen LogP) is 1.32. The van der Waals surface area contributed by atoms with Gasteiger partial charge in [0.1, 0.15) is 17.6 Å². The van der Waals surface area contributed by atoms with E-state index in [1.54, 1.807) is 36.0 Å². The predicted molar refractivity (Wildman–Crippen MR) is 105 cm³/mol. The highest BCUT2D eigenvalue weighted by molar-refractivity contribution is 5.92. The maximum atomic E-state index is 13.9. The number of alkyl halides is 1. The second-order valence-corrected chi connectivity index (χ2v) is 7.28. The van der Waals surface area contributed by atoms with Gasteiger partial charge in [0.05, 0.1) is 13.3 Å². The third kappa shape index (κ3) is 3.84. The van der Waals surface area contributed by atoms with Crippen LogP contribution in [0.15, 0.2) is 24.3 Å². The maximum Gasteiger partial charge on any atom is 0.272 e. The lowest BCUT2D eigenvalue weighted by molar-refractivity contribution is 0.0393. The summed E-state index contributed by atoms with van der Waals surface area (Å²) in [7, 11) is 1.74. The molecule has 3 N–H and O–H groups in total. The number of ether oxygens (including phenoxy) is 1. The van der Waals surface area contributed by atoms with E-state index >= 15 is 0 Å². The molecule has 0 spiro atoms. The average molecular weight is 398 g/mol. The van der Waals surface area contributed by atoms with Gasteiger partial charge in [-0.3, -0.25) is 4.79 Å². The summed E-state index contributed by atoms with van der Waals surface area (Å²) in [5.41, 5.74) is 0.858. The molecule has 2 aromatic rings. The highest BCUT2D eigenvalue weighted by atomic mass is 19.1. The van der Waals surface area contributed by atoms with Gasteiger partial charge in [0.15, 0.2) is 11.3 Å². The molecular formula is C21H23FN4O3. The second kappa shape index (κ2) is 7.85. The topological polar surface area (TPSA) is 88.4 Å². The Morgan fingerprint density at radius 2 is 2.34 bits per heavy atom. The summed E-state index contributed by atoms with van der Waals surface area (Å²) in [4.78, 5) is 12.3. The van der Waals surface area contributed by atoms with Gasteiger partial charge in [0, 0.05) is 17.7 Å². The van der Waals surface area contributed by atoms with E-state index in [0.717, 1.165) is 5.69 Å². The highest BCUT2D eigenvalue weighted by Gasteiger charge is 2.40. The van der Waals surface area contributed by atoms with Crippen LogP contribution in [0.5, 0.6) is 5.75 Å². The van der Waals surface area contributed by atoms with Crippen LogP contribution in [0.4, 0.5) is 4.39 Å². The molecule has 2 atom stereocenters. The summed E-state index contributed by atoms with van der Waals surface area (Å²) in [5.74, 6) is 5.96. The molecule has 2 heterocycles. The van der Waals surface area contributed by atoms with Crippen LogP contribution < -0.4 is 15.4 Å². The number of hydrogen-bond acceptors (Lipinski definition) is 5. The number of nitrogens with zero attached hydrogens (tertiary/aromatic N) is 2. The molecular weight excluding hydrogens is 375 g/mol. The molecule has 2 aliphatic rings. The van der Waals surface area contributed by atoms with Gasteiger partial charge in [-0.05, 0) is 50.6 Å². The maximum absolute atomic E-state index is 13.9. The fourth-order valence-corrected chi connectivity index (χ4v) is 3.59. The Labute approximate surface area is 168 Å². The first-order valence-corrected chi connectivity index (χ1v) is 9.69. The van der Waals surface area contributed by atoms with Gasteiger partial charge in [-0.25, -0.2) is 9.07 Å².